The summed E-state index contributed by atoms with van der Waals surface area (Å²) in [7, 11) is 1.83. The van der Waals surface area contributed by atoms with Crippen molar-refractivity contribution in [3.8, 4) is 5.69 Å². The molecule has 0 unspecified atom stereocenters. The molecular formula is C21H22N4O2. The molecule has 6 nitrogen and oxygen atoms in total. The molecule has 0 aliphatic rings. The number of rotatable bonds is 5. The molecule has 3 rings (SSSR count). The molecule has 0 bridgehead atoms. The quantitative estimate of drug-likeness (QED) is 0.683. The van der Waals surface area contributed by atoms with E-state index in [0.29, 0.717) is 17.1 Å². The van der Waals surface area contributed by atoms with Crippen molar-refractivity contribution in [2.45, 2.75) is 13.8 Å². The number of anilines is 2. The zero-order chi connectivity index (χ0) is 19.4. The van der Waals surface area contributed by atoms with E-state index < -0.39 is 0 Å². The molecule has 0 aliphatic heterocycles. The molecule has 0 atom stereocenters. The molecule has 1 aromatic heterocycles. The highest BCUT2D eigenvalue weighted by molar-refractivity contribution is 5.99. The van der Waals surface area contributed by atoms with Gasteiger partial charge in [-0.15, -0.1) is 0 Å². The van der Waals surface area contributed by atoms with E-state index in [1.54, 1.807) is 16.3 Å². The Morgan fingerprint density at radius 3 is 2.19 bits per heavy atom. The van der Waals surface area contributed by atoms with E-state index in [9.17, 15) is 9.59 Å². The van der Waals surface area contributed by atoms with Gasteiger partial charge >= 0.3 is 0 Å². The fourth-order valence-electron chi connectivity index (χ4n) is 2.84. The Morgan fingerprint density at radius 2 is 1.56 bits per heavy atom. The third-order valence-corrected chi connectivity index (χ3v) is 4.27. The van der Waals surface area contributed by atoms with Crippen LogP contribution in [0.15, 0.2) is 77.2 Å². The molecule has 3 aromatic rings. The summed E-state index contributed by atoms with van der Waals surface area (Å²) < 4.78 is 3.38. The molecule has 2 aromatic carbocycles. The number of allylic oxidation sites excluding steroid dienone is 1. The number of nitrogens with zero attached hydrogens (tertiary/aromatic N) is 2. The molecule has 0 aliphatic carbocycles. The number of aromatic nitrogens is 2. The molecule has 138 valence electrons. The smallest absolute Gasteiger partial charge is 0.295 e. The first-order valence-corrected chi connectivity index (χ1v) is 8.62. The lowest BCUT2D eigenvalue weighted by Crippen LogP contribution is -2.21. The summed E-state index contributed by atoms with van der Waals surface area (Å²) in [6.45, 7) is 3.61. The summed E-state index contributed by atoms with van der Waals surface area (Å²) in [5.74, 6) is -0.261. The van der Waals surface area contributed by atoms with Gasteiger partial charge in [0.05, 0.1) is 11.4 Å². The van der Waals surface area contributed by atoms with Gasteiger partial charge in [0.2, 0.25) is 5.91 Å². The highest BCUT2D eigenvalue weighted by Crippen LogP contribution is 2.15. The maximum Gasteiger partial charge on any atom is 0.295 e. The van der Waals surface area contributed by atoms with E-state index in [4.69, 9.17) is 0 Å². The summed E-state index contributed by atoms with van der Waals surface area (Å²) in [4.78, 5) is 25.0. The summed E-state index contributed by atoms with van der Waals surface area (Å²) in [6, 6.07) is 18.6. The molecule has 6 heteroatoms. The van der Waals surface area contributed by atoms with Gasteiger partial charge in [-0.05, 0) is 38.1 Å². The average Bonchev–Trinajstić information content (AvgIpc) is 2.86. The first-order valence-electron chi connectivity index (χ1n) is 8.62. The van der Waals surface area contributed by atoms with Gasteiger partial charge in [-0.3, -0.25) is 14.3 Å². The number of nitrogens with one attached hydrogen (secondary N) is 2. The number of benzene rings is 2. The van der Waals surface area contributed by atoms with E-state index in [0.717, 1.165) is 11.4 Å². The topological polar surface area (TPSA) is 68.1 Å². The van der Waals surface area contributed by atoms with E-state index in [2.05, 4.69) is 10.6 Å². The van der Waals surface area contributed by atoms with Gasteiger partial charge in [0.25, 0.3) is 5.56 Å². The van der Waals surface area contributed by atoms with Crippen molar-refractivity contribution in [1.82, 2.24) is 9.36 Å². The van der Waals surface area contributed by atoms with Crippen LogP contribution in [-0.4, -0.2) is 15.3 Å². The predicted octanol–water partition coefficient (Wildman–Crippen LogP) is 3.44. The van der Waals surface area contributed by atoms with Crippen LogP contribution in [-0.2, 0) is 11.8 Å². The van der Waals surface area contributed by atoms with E-state index in [1.165, 1.54) is 6.08 Å². The number of para-hydroxylation sites is 2. The Morgan fingerprint density at radius 1 is 0.963 bits per heavy atom. The van der Waals surface area contributed by atoms with Crippen molar-refractivity contribution in [2.24, 2.45) is 7.05 Å². The maximum atomic E-state index is 12.9. The molecule has 1 heterocycles. The molecule has 0 fully saturated rings. The van der Waals surface area contributed by atoms with Gasteiger partial charge in [-0.1, -0.05) is 36.4 Å². The van der Waals surface area contributed by atoms with E-state index >= 15 is 0 Å². The highest BCUT2D eigenvalue weighted by atomic mass is 16.1. The minimum Gasteiger partial charge on any atom is -0.353 e. The monoisotopic (exact) mass is 362 g/mol. The number of carbonyl (C=O) groups excluding carboxylic acids is 1. The molecule has 27 heavy (non-hydrogen) atoms. The molecule has 1 amide bonds. The Balaban J connectivity index is 1.83. The van der Waals surface area contributed by atoms with Gasteiger partial charge < -0.3 is 10.6 Å². The van der Waals surface area contributed by atoms with Crippen LogP contribution in [0.1, 0.15) is 12.6 Å². The summed E-state index contributed by atoms with van der Waals surface area (Å²) >= 11 is 0. The van der Waals surface area contributed by atoms with Crippen LogP contribution >= 0.6 is 0 Å². The molecule has 2 N–H and O–H groups in total. The fraction of sp³-hybridized carbons (Fsp3) is 0.143. The molecule has 0 radical (unpaired) electrons. The Hall–Kier alpha value is -3.54. The third-order valence-electron chi connectivity index (χ3n) is 4.27. The van der Waals surface area contributed by atoms with Gasteiger partial charge in [-0.25, -0.2) is 4.68 Å². The van der Waals surface area contributed by atoms with Crippen molar-refractivity contribution in [1.29, 1.82) is 0 Å². The van der Waals surface area contributed by atoms with Crippen LogP contribution in [0.2, 0.25) is 0 Å². The molecule has 0 spiro atoms. The lowest BCUT2D eigenvalue weighted by atomic mass is 10.3. The Kier molecular flexibility index (Phi) is 5.26. The van der Waals surface area contributed by atoms with Crippen molar-refractivity contribution in [3.63, 3.8) is 0 Å². The predicted molar refractivity (Wildman–Crippen MR) is 108 cm³/mol. The van der Waals surface area contributed by atoms with Gasteiger partial charge in [0.1, 0.15) is 5.69 Å². The lowest BCUT2D eigenvalue weighted by Gasteiger charge is -2.07. The van der Waals surface area contributed by atoms with Gasteiger partial charge in [0, 0.05) is 24.5 Å². The molecular weight excluding hydrogens is 340 g/mol. The Bertz CT molecular complexity index is 1030. The van der Waals surface area contributed by atoms with Crippen molar-refractivity contribution >= 4 is 17.3 Å². The first-order chi connectivity index (χ1) is 13.0. The van der Waals surface area contributed by atoms with E-state index in [1.807, 2.05) is 74.6 Å². The zero-order valence-electron chi connectivity index (χ0n) is 15.6. The van der Waals surface area contributed by atoms with Crippen molar-refractivity contribution < 1.29 is 4.79 Å². The third kappa shape index (κ3) is 4.00. The maximum absolute atomic E-state index is 12.9. The minimum atomic E-state index is -0.261. The average molecular weight is 362 g/mol. The standard InChI is InChI=1S/C21H22N4O2/c1-15(14-19(26)23-17-10-6-4-7-11-17)22-20-16(2)24(3)25(21(20)27)18-12-8-5-9-13-18/h4-14,22H,1-3H3,(H,23,26)/b15-14+. The van der Waals surface area contributed by atoms with Crippen LogP contribution in [0.3, 0.4) is 0 Å². The summed E-state index contributed by atoms with van der Waals surface area (Å²) in [5, 5.41) is 5.86. The number of hydrogen-bond acceptors (Lipinski definition) is 3. The second-order valence-corrected chi connectivity index (χ2v) is 6.24. The largest absolute Gasteiger partial charge is 0.353 e. The SMILES string of the molecule is C/C(=C\C(=O)Nc1ccccc1)Nc1c(C)n(C)n(-c2ccccc2)c1=O. The van der Waals surface area contributed by atoms with Crippen molar-refractivity contribution in [3.05, 3.63) is 88.5 Å². The van der Waals surface area contributed by atoms with Gasteiger partial charge in [-0.2, -0.15) is 0 Å². The number of hydrogen-bond donors (Lipinski definition) is 2. The zero-order valence-corrected chi connectivity index (χ0v) is 15.6. The molecule has 0 saturated heterocycles. The van der Waals surface area contributed by atoms with Crippen LogP contribution < -0.4 is 16.2 Å². The highest BCUT2D eigenvalue weighted by Gasteiger charge is 2.16. The van der Waals surface area contributed by atoms with Crippen LogP contribution in [0.5, 0.6) is 0 Å². The van der Waals surface area contributed by atoms with Crippen molar-refractivity contribution in [2.75, 3.05) is 10.6 Å². The van der Waals surface area contributed by atoms with Crippen LogP contribution in [0, 0.1) is 6.92 Å². The summed E-state index contributed by atoms with van der Waals surface area (Å²) in [5.41, 5.74) is 3.13. The Labute approximate surface area is 157 Å². The van der Waals surface area contributed by atoms with Crippen LogP contribution in [0.25, 0.3) is 5.69 Å². The van der Waals surface area contributed by atoms with E-state index in [-0.39, 0.29) is 11.5 Å². The lowest BCUT2D eigenvalue weighted by molar-refractivity contribution is -0.111. The van der Waals surface area contributed by atoms with Gasteiger partial charge in [0.15, 0.2) is 0 Å². The normalized spacial score (nSPS) is 11.3. The first kappa shape index (κ1) is 18.3. The summed E-state index contributed by atoms with van der Waals surface area (Å²) in [6.07, 6.45) is 1.44. The minimum absolute atomic E-state index is 0.169. The number of amides is 1. The second-order valence-electron chi connectivity index (χ2n) is 6.24. The number of carbonyl (C=O) groups is 1. The molecule has 0 saturated carbocycles. The second kappa shape index (κ2) is 7.78. The fourth-order valence-corrected chi connectivity index (χ4v) is 2.84. The van der Waals surface area contributed by atoms with Crippen LogP contribution in [0.4, 0.5) is 11.4 Å².